The third kappa shape index (κ3) is 2.66. The van der Waals surface area contributed by atoms with Crippen molar-refractivity contribution >= 4 is 23.1 Å². The molecule has 3 heterocycles. The van der Waals surface area contributed by atoms with Crippen LogP contribution in [0, 0.1) is 0 Å². The topological polar surface area (TPSA) is 69.0 Å². The predicted molar refractivity (Wildman–Crippen MR) is 103 cm³/mol. The van der Waals surface area contributed by atoms with Crippen molar-refractivity contribution in [3.63, 3.8) is 0 Å². The number of carbonyl (C=O) groups excluding carboxylic acids is 1. The van der Waals surface area contributed by atoms with Gasteiger partial charge in [-0.1, -0.05) is 18.2 Å². The Morgan fingerprint density at radius 1 is 1.22 bits per heavy atom. The summed E-state index contributed by atoms with van der Waals surface area (Å²) in [4.78, 5) is 18.6. The molecule has 0 amide bonds. The molecular weight excluding hydrogens is 360 g/mol. The summed E-state index contributed by atoms with van der Waals surface area (Å²) in [5, 5.41) is 9.75. The smallest absolute Gasteiger partial charge is 0.226 e. The number of rotatable bonds is 3. The number of ketones is 1. The second-order valence-electron chi connectivity index (χ2n) is 6.76. The predicted octanol–water partition coefficient (Wildman–Crippen LogP) is 3.76. The van der Waals surface area contributed by atoms with E-state index in [0.29, 0.717) is 12.4 Å². The number of allylic oxidation sites excluding steroid dienone is 2. The van der Waals surface area contributed by atoms with Gasteiger partial charge in [0.05, 0.1) is 7.11 Å². The maximum absolute atomic E-state index is 13.2. The molecule has 1 aliphatic heterocycles. The number of hydrogen-bond acceptors (Lipinski definition) is 6. The zero-order valence-electron chi connectivity index (χ0n) is 14.8. The van der Waals surface area contributed by atoms with Crippen molar-refractivity contribution in [2.45, 2.75) is 24.8 Å². The molecule has 1 aliphatic carbocycles. The van der Waals surface area contributed by atoms with Crippen LogP contribution in [-0.2, 0) is 4.79 Å². The molecule has 1 aromatic carbocycles. The summed E-state index contributed by atoms with van der Waals surface area (Å²) in [6.07, 6.45) is 2.81. The summed E-state index contributed by atoms with van der Waals surface area (Å²) < 4.78 is 7.06. The number of nitrogens with zero attached hydrogens (tertiary/aromatic N) is 3. The van der Waals surface area contributed by atoms with Crippen LogP contribution in [0.4, 0.5) is 5.95 Å². The standard InChI is InChI=1S/C20H18N4O2S/c1-26-14-6-4-12(5-7-14)13-9-15-18(16(25)10-13)19(17-3-2-8-27-17)24-20(23-15)21-11-22-24/h2-8,11,13,19H,9-10H2,1H3,(H,21,22,23)/t13-,19-/m1/s1. The van der Waals surface area contributed by atoms with Crippen LogP contribution in [0.1, 0.15) is 35.2 Å². The average Bonchev–Trinajstić information content (AvgIpc) is 3.38. The van der Waals surface area contributed by atoms with E-state index in [1.54, 1.807) is 18.4 Å². The largest absolute Gasteiger partial charge is 0.497 e. The monoisotopic (exact) mass is 378 g/mol. The fourth-order valence-electron chi connectivity index (χ4n) is 3.97. The number of hydrogen-bond donors (Lipinski definition) is 1. The van der Waals surface area contributed by atoms with Crippen LogP contribution >= 0.6 is 11.3 Å². The Bertz CT molecular complexity index is 1020. The molecule has 2 aromatic heterocycles. The van der Waals surface area contributed by atoms with Crippen LogP contribution in [0.2, 0.25) is 0 Å². The Morgan fingerprint density at radius 2 is 2.07 bits per heavy atom. The quantitative estimate of drug-likeness (QED) is 0.751. The van der Waals surface area contributed by atoms with Crippen molar-refractivity contribution in [2.75, 3.05) is 12.4 Å². The van der Waals surface area contributed by atoms with Crippen LogP contribution in [0.15, 0.2) is 59.4 Å². The maximum atomic E-state index is 13.2. The van der Waals surface area contributed by atoms with Gasteiger partial charge in [0.25, 0.3) is 0 Å². The number of Topliss-reactive ketones (excluding diaryl/α,β-unsaturated/α-hetero) is 1. The third-order valence-corrected chi connectivity index (χ3v) is 6.19. The van der Waals surface area contributed by atoms with E-state index >= 15 is 0 Å². The lowest BCUT2D eigenvalue weighted by molar-refractivity contribution is -0.116. The highest BCUT2D eigenvalue weighted by Gasteiger charge is 2.39. The molecule has 136 valence electrons. The lowest BCUT2D eigenvalue weighted by Crippen LogP contribution is -2.33. The van der Waals surface area contributed by atoms with E-state index in [2.05, 4.69) is 21.5 Å². The zero-order valence-corrected chi connectivity index (χ0v) is 15.6. The van der Waals surface area contributed by atoms with Gasteiger partial charge in [-0.3, -0.25) is 4.79 Å². The Morgan fingerprint density at radius 3 is 2.81 bits per heavy atom. The lowest BCUT2D eigenvalue weighted by Gasteiger charge is -2.34. The molecule has 3 aromatic rings. The first-order valence-electron chi connectivity index (χ1n) is 8.84. The van der Waals surface area contributed by atoms with Crippen LogP contribution in [0.25, 0.3) is 0 Å². The van der Waals surface area contributed by atoms with Crippen molar-refractivity contribution in [3.8, 4) is 5.75 Å². The number of nitrogens with one attached hydrogen (secondary N) is 1. The number of benzene rings is 1. The second-order valence-corrected chi connectivity index (χ2v) is 7.74. The molecule has 0 unspecified atom stereocenters. The first kappa shape index (κ1) is 16.3. The highest BCUT2D eigenvalue weighted by atomic mass is 32.1. The molecular formula is C20H18N4O2S. The van der Waals surface area contributed by atoms with Gasteiger partial charge in [-0.15, -0.1) is 11.3 Å². The summed E-state index contributed by atoms with van der Waals surface area (Å²) in [5.74, 6) is 1.83. The van der Waals surface area contributed by atoms with Gasteiger partial charge in [0.1, 0.15) is 18.1 Å². The SMILES string of the molecule is COc1ccc([C@H]2CC(=O)C3=C(C2)Nc2ncnn2[C@@H]3c2cccs2)cc1. The van der Waals surface area contributed by atoms with E-state index in [-0.39, 0.29) is 17.7 Å². The summed E-state index contributed by atoms with van der Waals surface area (Å²) in [6, 6.07) is 11.9. The number of thiophene rings is 1. The zero-order chi connectivity index (χ0) is 18.4. The minimum absolute atomic E-state index is 0.146. The number of ether oxygens (including phenoxy) is 1. The number of methoxy groups -OCH3 is 1. The fraction of sp³-hybridized carbons (Fsp3) is 0.250. The third-order valence-electron chi connectivity index (χ3n) is 5.26. The molecule has 0 fully saturated rings. The van der Waals surface area contributed by atoms with E-state index in [0.717, 1.165) is 33.9 Å². The first-order valence-corrected chi connectivity index (χ1v) is 9.72. The van der Waals surface area contributed by atoms with Gasteiger partial charge in [0.15, 0.2) is 5.78 Å². The van der Waals surface area contributed by atoms with Crippen molar-refractivity contribution in [3.05, 3.63) is 69.8 Å². The summed E-state index contributed by atoms with van der Waals surface area (Å²) in [6.45, 7) is 0. The molecule has 5 rings (SSSR count). The van der Waals surface area contributed by atoms with Gasteiger partial charge in [-0.2, -0.15) is 10.1 Å². The molecule has 0 saturated heterocycles. The van der Waals surface area contributed by atoms with Crippen molar-refractivity contribution in [2.24, 2.45) is 0 Å². The fourth-order valence-corrected chi connectivity index (χ4v) is 4.79. The van der Waals surface area contributed by atoms with Crippen molar-refractivity contribution in [1.29, 1.82) is 0 Å². The Labute approximate surface area is 160 Å². The minimum atomic E-state index is -0.192. The molecule has 0 saturated carbocycles. The van der Waals surface area contributed by atoms with Gasteiger partial charge >= 0.3 is 0 Å². The highest BCUT2D eigenvalue weighted by Crippen LogP contribution is 2.44. The van der Waals surface area contributed by atoms with Crippen molar-refractivity contribution in [1.82, 2.24) is 14.8 Å². The van der Waals surface area contributed by atoms with E-state index in [1.165, 1.54) is 6.33 Å². The van der Waals surface area contributed by atoms with Crippen molar-refractivity contribution < 1.29 is 9.53 Å². The summed E-state index contributed by atoms with van der Waals surface area (Å²) >= 11 is 1.64. The summed E-state index contributed by atoms with van der Waals surface area (Å²) in [5.41, 5.74) is 2.93. The van der Waals surface area contributed by atoms with Gasteiger partial charge in [-0.05, 0) is 41.5 Å². The number of aromatic nitrogens is 3. The van der Waals surface area contributed by atoms with Crippen LogP contribution in [0.5, 0.6) is 5.75 Å². The summed E-state index contributed by atoms with van der Waals surface area (Å²) in [7, 11) is 1.66. The molecule has 0 bridgehead atoms. The molecule has 7 heteroatoms. The Kier molecular flexibility index (Phi) is 3.82. The van der Waals surface area contributed by atoms with Crippen LogP contribution in [-0.4, -0.2) is 27.7 Å². The average molecular weight is 378 g/mol. The normalized spacial score (nSPS) is 21.4. The number of carbonyl (C=O) groups is 1. The molecule has 0 spiro atoms. The van der Waals surface area contributed by atoms with Gasteiger partial charge in [0, 0.05) is 22.6 Å². The van der Waals surface area contributed by atoms with Crippen LogP contribution in [0.3, 0.4) is 0 Å². The Hall–Kier alpha value is -2.93. The highest BCUT2D eigenvalue weighted by molar-refractivity contribution is 7.10. The van der Waals surface area contributed by atoms with Gasteiger partial charge in [0.2, 0.25) is 5.95 Å². The maximum Gasteiger partial charge on any atom is 0.226 e. The van der Waals surface area contributed by atoms with E-state index in [9.17, 15) is 4.79 Å². The Balaban J connectivity index is 1.54. The van der Waals surface area contributed by atoms with E-state index in [4.69, 9.17) is 4.74 Å². The first-order chi connectivity index (χ1) is 13.2. The molecule has 1 N–H and O–H groups in total. The minimum Gasteiger partial charge on any atom is -0.497 e. The van der Waals surface area contributed by atoms with Gasteiger partial charge in [-0.25, -0.2) is 4.68 Å². The molecule has 6 nitrogen and oxygen atoms in total. The molecule has 2 aliphatic rings. The van der Waals surface area contributed by atoms with Crippen LogP contribution < -0.4 is 10.1 Å². The van der Waals surface area contributed by atoms with E-state index < -0.39 is 0 Å². The molecule has 0 radical (unpaired) electrons. The lowest BCUT2D eigenvalue weighted by atomic mass is 9.79. The second kappa shape index (κ2) is 6.35. The number of fused-ring (bicyclic) bond motifs is 1. The number of anilines is 1. The van der Waals surface area contributed by atoms with Gasteiger partial charge < -0.3 is 10.1 Å². The molecule has 27 heavy (non-hydrogen) atoms. The van der Waals surface area contributed by atoms with E-state index in [1.807, 2.05) is 40.4 Å². The molecule has 2 atom stereocenters.